The highest BCUT2D eigenvalue weighted by Crippen LogP contribution is 2.27. The lowest BCUT2D eigenvalue weighted by atomic mass is 10.3. The number of benzene rings is 1. The van der Waals surface area contributed by atoms with Crippen molar-refractivity contribution in [1.29, 1.82) is 0 Å². The lowest BCUT2D eigenvalue weighted by Crippen LogP contribution is -2.34. The fourth-order valence-corrected chi connectivity index (χ4v) is 2.14. The molecule has 1 fully saturated rings. The number of amides is 1. The first kappa shape index (κ1) is 13.8. The van der Waals surface area contributed by atoms with Crippen LogP contribution in [0.2, 0.25) is 0 Å². The first-order valence-corrected chi connectivity index (χ1v) is 7.24. The lowest BCUT2D eigenvalue weighted by Gasteiger charge is -2.08. The van der Waals surface area contributed by atoms with Crippen LogP contribution in [0, 0.1) is 5.92 Å². The van der Waals surface area contributed by atoms with Gasteiger partial charge in [0.05, 0.1) is 13.1 Å². The van der Waals surface area contributed by atoms with E-state index in [1.165, 1.54) is 12.8 Å². The number of carbonyl (C=O) groups is 1. The Morgan fingerprint density at radius 1 is 1.29 bits per heavy atom. The molecule has 6 heteroatoms. The van der Waals surface area contributed by atoms with Gasteiger partial charge in [0.25, 0.3) is 0 Å². The molecule has 0 radical (unpaired) electrons. The normalized spacial score (nSPS) is 14.1. The third kappa shape index (κ3) is 3.88. The number of nitrogens with one attached hydrogen (secondary N) is 2. The van der Waals surface area contributed by atoms with Gasteiger partial charge in [0.2, 0.25) is 5.91 Å². The van der Waals surface area contributed by atoms with Crippen LogP contribution in [-0.4, -0.2) is 33.8 Å². The van der Waals surface area contributed by atoms with E-state index < -0.39 is 0 Å². The Morgan fingerprint density at radius 2 is 2.10 bits per heavy atom. The van der Waals surface area contributed by atoms with Crippen molar-refractivity contribution in [3.05, 3.63) is 42.5 Å². The molecule has 1 aromatic heterocycles. The van der Waals surface area contributed by atoms with Crippen LogP contribution in [0.15, 0.2) is 36.7 Å². The summed E-state index contributed by atoms with van der Waals surface area (Å²) in [5.74, 6) is 1.48. The molecule has 1 saturated carbocycles. The summed E-state index contributed by atoms with van der Waals surface area (Å²) < 4.78 is 1.87. The Bertz CT molecular complexity index is 591. The molecule has 0 atom stereocenters. The maximum atomic E-state index is 11.8. The standard InChI is InChI=1S/C15H19N5O/c21-15(10-16-8-12-6-7-12)17-9-14-19-18-11-20(14)13-4-2-1-3-5-13/h1-5,11-12,16H,6-10H2,(H,17,21). The third-order valence-corrected chi connectivity index (χ3v) is 3.51. The summed E-state index contributed by atoms with van der Waals surface area (Å²) in [7, 11) is 0. The van der Waals surface area contributed by atoms with Gasteiger partial charge in [-0.1, -0.05) is 18.2 Å². The maximum absolute atomic E-state index is 11.8. The van der Waals surface area contributed by atoms with Crippen molar-refractivity contribution in [2.75, 3.05) is 13.1 Å². The number of hydrogen-bond donors (Lipinski definition) is 2. The SMILES string of the molecule is O=C(CNCC1CC1)NCc1nncn1-c1ccccc1. The largest absolute Gasteiger partial charge is 0.348 e. The minimum atomic E-state index is -0.0155. The van der Waals surface area contributed by atoms with Gasteiger partial charge in [0.1, 0.15) is 6.33 Å². The molecule has 1 heterocycles. The second-order valence-electron chi connectivity index (χ2n) is 5.30. The van der Waals surface area contributed by atoms with Crippen molar-refractivity contribution in [3.63, 3.8) is 0 Å². The number of rotatable bonds is 7. The van der Waals surface area contributed by atoms with Gasteiger partial charge in [-0.05, 0) is 37.4 Å². The summed E-state index contributed by atoms with van der Waals surface area (Å²) in [5, 5.41) is 14.0. The van der Waals surface area contributed by atoms with Crippen molar-refractivity contribution < 1.29 is 4.79 Å². The van der Waals surface area contributed by atoms with Crippen LogP contribution in [0.5, 0.6) is 0 Å². The molecule has 3 rings (SSSR count). The molecule has 0 bridgehead atoms. The summed E-state index contributed by atoms with van der Waals surface area (Å²) in [6.45, 7) is 1.67. The third-order valence-electron chi connectivity index (χ3n) is 3.51. The Balaban J connectivity index is 1.51. The second-order valence-corrected chi connectivity index (χ2v) is 5.30. The van der Waals surface area contributed by atoms with Crippen molar-refractivity contribution in [3.8, 4) is 5.69 Å². The predicted octanol–water partition coefficient (Wildman–Crippen LogP) is 0.883. The van der Waals surface area contributed by atoms with Crippen LogP contribution < -0.4 is 10.6 Å². The van der Waals surface area contributed by atoms with Crippen LogP contribution >= 0.6 is 0 Å². The monoisotopic (exact) mass is 285 g/mol. The van der Waals surface area contributed by atoms with Gasteiger partial charge < -0.3 is 10.6 Å². The first-order valence-electron chi connectivity index (χ1n) is 7.24. The fraction of sp³-hybridized carbons (Fsp3) is 0.400. The molecule has 0 spiro atoms. The van der Waals surface area contributed by atoms with Crippen LogP contribution in [0.1, 0.15) is 18.7 Å². The van der Waals surface area contributed by atoms with Gasteiger partial charge in [-0.2, -0.15) is 0 Å². The summed E-state index contributed by atoms with van der Waals surface area (Å²) in [4.78, 5) is 11.8. The minimum Gasteiger partial charge on any atom is -0.348 e. The van der Waals surface area contributed by atoms with E-state index in [1.54, 1.807) is 6.33 Å². The molecule has 0 unspecified atom stereocenters. The van der Waals surface area contributed by atoms with E-state index >= 15 is 0 Å². The zero-order valence-corrected chi connectivity index (χ0v) is 11.8. The van der Waals surface area contributed by atoms with Gasteiger partial charge >= 0.3 is 0 Å². The first-order chi connectivity index (χ1) is 10.3. The van der Waals surface area contributed by atoms with E-state index in [9.17, 15) is 4.79 Å². The van der Waals surface area contributed by atoms with E-state index in [2.05, 4.69) is 20.8 Å². The van der Waals surface area contributed by atoms with Crippen molar-refractivity contribution in [2.45, 2.75) is 19.4 Å². The number of nitrogens with zero attached hydrogens (tertiary/aromatic N) is 3. The topological polar surface area (TPSA) is 71.8 Å². The van der Waals surface area contributed by atoms with E-state index in [4.69, 9.17) is 0 Å². The van der Waals surface area contributed by atoms with E-state index in [1.807, 2.05) is 34.9 Å². The Kier molecular flexibility index (Phi) is 4.25. The van der Waals surface area contributed by atoms with Gasteiger partial charge in [0.15, 0.2) is 5.82 Å². The molecule has 2 aromatic rings. The van der Waals surface area contributed by atoms with Gasteiger partial charge in [-0.15, -0.1) is 10.2 Å². The fourth-order valence-electron chi connectivity index (χ4n) is 2.14. The average molecular weight is 285 g/mol. The van der Waals surface area contributed by atoms with Crippen molar-refractivity contribution >= 4 is 5.91 Å². The molecule has 6 nitrogen and oxygen atoms in total. The highest BCUT2D eigenvalue weighted by Gasteiger charge is 2.20. The molecule has 21 heavy (non-hydrogen) atoms. The number of hydrogen-bond acceptors (Lipinski definition) is 4. The molecule has 0 aliphatic heterocycles. The van der Waals surface area contributed by atoms with Crippen molar-refractivity contribution in [1.82, 2.24) is 25.4 Å². The zero-order chi connectivity index (χ0) is 14.5. The predicted molar refractivity (Wildman–Crippen MR) is 78.8 cm³/mol. The van der Waals surface area contributed by atoms with Gasteiger partial charge in [-0.25, -0.2) is 0 Å². The van der Waals surface area contributed by atoms with E-state index in [-0.39, 0.29) is 5.91 Å². The van der Waals surface area contributed by atoms with Crippen LogP contribution in [0.25, 0.3) is 5.69 Å². The molecule has 1 aliphatic carbocycles. The van der Waals surface area contributed by atoms with Crippen molar-refractivity contribution in [2.24, 2.45) is 5.92 Å². The number of aromatic nitrogens is 3. The average Bonchev–Trinajstić information content (AvgIpc) is 3.21. The molecule has 110 valence electrons. The highest BCUT2D eigenvalue weighted by molar-refractivity contribution is 5.77. The van der Waals surface area contributed by atoms with E-state index in [0.717, 1.165) is 24.0 Å². The van der Waals surface area contributed by atoms with Crippen LogP contribution in [0.3, 0.4) is 0 Å². The Labute approximate surface area is 123 Å². The summed E-state index contributed by atoms with van der Waals surface area (Å²) in [5.41, 5.74) is 0.985. The second kappa shape index (κ2) is 6.49. The molecule has 0 saturated heterocycles. The summed E-state index contributed by atoms with van der Waals surface area (Å²) in [6.07, 6.45) is 4.23. The van der Waals surface area contributed by atoms with E-state index in [0.29, 0.717) is 13.1 Å². The zero-order valence-electron chi connectivity index (χ0n) is 11.8. The Morgan fingerprint density at radius 3 is 2.86 bits per heavy atom. The number of carbonyl (C=O) groups excluding carboxylic acids is 1. The molecule has 1 aliphatic rings. The number of para-hydroxylation sites is 1. The smallest absolute Gasteiger partial charge is 0.234 e. The van der Waals surface area contributed by atoms with Crippen LogP contribution in [0.4, 0.5) is 0 Å². The quantitative estimate of drug-likeness (QED) is 0.792. The summed E-state index contributed by atoms with van der Waals surface area (Å²) >= 11 is 0. The molecule has 1 aromatic carbocycles. The summed E-state index contributed by atoms with van der Waals surface area (Å²) in [6, 6.07) is 9.83. The molecule has 1 amide bonds. The van der Waals surface area contributed by atoms with Gasteiger partial charge in [0, 0.05) is 5.69 Å². The maximum Gasteiger partial charge on any atom is 0.234 e. The van der Waals surface area contributed by atoms with Crippen LogP contribution in [-0.2, 0) is 11.3 Å². The Hall–Kier alpha value is -2.21. The lowest BCUT2D eigenvalue weighted by molar-refractivity contribution is -0.120. The van der Waals surface area contributed by atoms with Gasteiger partial charge in [-0.3, -0.25) is 9.36 Å². The molecular formula is C15H19N5O. The molecule has 2 N–H and O–H groups in total. The highest BCUT2D eigenvalue weighted by atomic mass is 16.1. The molecular weight excluding hydrogens is 266 g/mol. The minimum absolute atomic E-state index is 0.0155.